The molecule has 1 aliphatic heterocycles. The van der Waals surface area contributed by atoms with Crippen LogP contribution in [-0.2, 0) is 16.1 Å². The van der Waals surface area contributed by atoms with E-state index in [2.05, 4.69) is 4.90 Å². The van der Waals surface area contributed by atoms with E-state index in [-0.39, 0.29) is 6.10 Å². The zero-order valence-electron chi connectivity index (χ0n) is 9.71. The summed E-state index contributed by atoms with van der Waals surface area (Å²) >= 11 is 0. The highest BCUT2D eigenvalue weighted by atomic mass is 16.5. The van der Waals surface area contributed by atoms with Crippen LogP contribution in [-0.4, -0.2) is 30.8 Å². The number of anilines is 1. The van der Waals surface area contributed by atoms with Gasteiger partial charge >= 0.3 is 0 Å². The summed E-state index contributed by atoms with van der Waals surface area (Å²) in [6.07, 6.45) is 1.47. The molecule has 1 fully saturated rings. The van der Waals surface area contributed by atoms with Crippen LogP contribution >= 0.6 is 0 Å². The van der Waals surface area contributed by atoms with E-state index < -0.39 is 0 Å². The molecule has 0 aromatic heterocycles. The van der Waals surface area contributed by atoms with Gasteiger partial charge in [0.2, 0.25) is 0 Å². The third-order valence-electron chi connectivity index (χ3n) is 3.06. The third kappa shape index (κ3) is 3.20. The number of hydrogen-bond acceptors (Lipinski definition) is 4. The van der Waals surface area contributed by atoms with Gasteiger partial charge in [0.1, 0.15) is 6.61 Å². The Morgan fingerprint density at radius 3 is 2.88 bits per heavy atom. The van der Waals surface area contributed by atoms with Gasteiger partial charge in [0.25, 0.3) is 6.47 Å². The van der Waals surface area contributed by atoms with E-state index in [1.165, 1.54) is 0 Å². The molecule has 0 aliphatic carbocycles. The highest BCUT2D eigenvalue weighted by Crippen LogP contribution is 2.21. The minimum Gasteiger partial charge on any atom is -0.463 e. The van der Waals surface area contributed by atoms with Crippen LogP contribution in [0.4, 0.5) is 5.69 Å². The second-order valence-corrected chi connectivity index (χ2v) is 4.30. The van der Waals surface area contributed by atoms with Crippen molar-refractivity contribution in [3.05, 3.63) is 29.8 Å². The molecule has 1 saturated heterocycles. The Bertz CT molecular complexity index is 373. The van der Waals surface area contributed by atoms with Gasteiger partial charge in [-0.15, -0.1) is 0 Å². The predicted octanol–water partition coefficient (Wildman–Crippen LogP) is 1.32. The Balaban J connectivity index is 2.02. The maximum atomic E-state index is 10.1. The molecular formula is C13H17NO3. The van der Waals surface area contributed by atoms with Crippen molar-refractivity contribution in [1.82, 2.24) is 0 Å². The van der Waals surface area contributed by atoms with Crippen LogP contribution < -0.4 is 4.90 Å². The van der Waals surface area contributed by atoms with E-state index in [1.54, 1.807) is 0 Å². The Hall–Kier alpha value is -1.55. The Kier molecular flexibility index (Phi) is 3.98. The van der Waals surface area contributed by atoms with Crippen LogP contribution in [0.1, 0.15) is 18.4 Å². The van der Waals surface area contributed by atoms with Gasteiger partial charge in [0.05, 0.1) is 6.10 Å². The van der Waals surface area contributed by atoms with Gasteiger partial charge in [-0.05, 0) is 30.5 Å². The van der Waals surface area contributed by atoms with E-state index in [4.69, 9.17) is 4.74 Å². The van der Waals surface area contributed by atoms with Crippen LogP contribution in [0, 0.1) is 0 Å². The minimum atomic E-state index is -0.159. The molecule has 0 saturated carbocycles. The van der Waals surface area contributed by atoms with Gasteiger partial charge in [0, 0.05) is 18.8 Å². The summed E-state index contributed by atoms with van der Waals surface area (Å²) in [5, 5.41) is 9.46. The molecular weight excluding hydrogens is 218 g/mol. The van der Waals surface area contributed by atoms with Gasteiger partial charge in [-0.25, -0.2) is 0 Å². The first-order chi connectivity index (χ1) is 8.29. The highest BCUT2D eigenvalue weighted by molar-refractivity contribution is 5.49. The summed E-state index contributed by atoms with van der Waals surface area (Å²) in [6, 6.07) is 7.97. The summed E-state index contributed by atoms with van der Waals surface area (Å²) in [5.41, 5.74) is 2.12. The van der Waals surface area contributed by atoms with Crippen LogP contribution in [0.5, 0.6) is 0 Å². The molecule has 1 aliphatic rings. The van der Waals surface area contributed by atoms with E-state index in [1.807, 2.05) is 24.3 Å². The topological polar surface area (TPSA) is 49.8 Å². The second kappa shape index (κ2) is 5.68. The summed E-state index contributed by atoms with van der Waals surface area (Å²) < 4.78 is 4.74. The fourth-order valence-corrected chi connectivity index (χ4v) is 2.10. The highest BCUT2D eigenvalue weighted by Gasteiger charge is 2.17. The molecule has 1 heterocycles. The Labute approximate surface area is 101 Å². The summed E-state index contributed by atoms with van der Waals surface area (Å²) in [7, 11) is 0. The fraction of sp³-hybridized carbons (Fsp3) is 0.462. The van der Waals surface area contributed by atoms with Crippen molar-refractivity contribution in [3.8, 4) is 0 Å². The van der Waals surface area contributed by atoms with Crippen molar-refractivity contribution < 1.29 is 14.6 Å². The molecule has 0 unspecified atom stereocenters. The molecule has 0 amide bonds. The van der Waals surface area contributed by atoms with Crippen LogP contribution in [0.3, 0.4) is 0 Å². The molecule has 17 heavy (non-hydrogen) atoms. The first-order valence-corrected chi connectivity index (χ1v) is 5.87. The molecule has 1 N–H and O–H groups in total. The standard InChI is InChI=1S/C13H17NO3/c15-10-17-9-11-2-1-3-12(8-11)14-6-4-13(16)5-7-14/h1-3,8,10,13,16H,4-7,9H2. The van der Waals surface area contributed by atoms with Crippen molar-refractivity contribution in [1.29, 1.82) is 0 Å². The lowest BCUT2D eigenvalue weighted by Crippen LogP contribution is -2.35. The third-order valence-corrected chi connectivity index (χ3v) is 3.06. The van der Waals surface area contributed by atoms with Crippen LogP contribution in [0.25, 0.3) is 0 Å². The normalized spacial score (nSPS) is 16.9. The molecule has 0 bridgehead atoms. The Morgan fingerprint density at radius 2 is 2.18 bits per heavy atom. The van der Waals surface area contributed by atoms with Crippen molar-refractivity contribution in [2.75, 3.05) is 18.0 Å². The number of ether oxygens (including phenoxy) is 1. The number of rotatable bonds is 4. The number of carbonyl (C=O) groups excluding carboxylic acids is 1. The van der Waals surface area contributed by atoms with Gasteiger partial charge in [0.15, 0.2) is 0 Å². The lowest BCUT2D eigenvalue weighted by Gasteiger charge is -2.31. The number of carbonyl (C=O) groups is 1. The molecule has 4 heteroatoms. The average Bonchev–Trinajstić information content (AvgIpc) is 2.37. The summed E-state index contributed by atoms with van der Waals surface area (Å²) in [5.74, 6) is 0. The lowest BCUT2D eigenvalue weighted by molar-refractivity contribution is -0.129. The summed E-state index contributed by atoms with van der Waals surface area (Å²) in [6.45, 7) is 2.52. The first-order valence-electron chi connectivity index (χ1n) is 5.87. The lowest BCUT2D eigenvalue weighted by atomic mass is 10.1. The SMILES string of the molecule is O=COCc1cccc(N2CCC(O)CC2)c1. The van der Waals surface area contributed by atoms with Crippen LogP contribution in [0.15, 0.2) is 24.3 Å². The number of aliphatic hydroxyl groups is 1. The molecule has 1 aromatic rings. The number of aliphatic hydroxyl groups excluding tert-OH is 1. The molecule has 4 nitrogen and oxygen atoms in total. The van der Waals surface area contributed by atoms with E-state index in [9.17, 15) is 9.90 Å². The molecule has 0 spiro atoms. The summed E-state index contributed by atoms with van der Waals surface area (Å²) in [4.78, 5) is 12.4. The first kappa shape index (κ1) is 11.9. The minimum absolute atomic E-state index is 0.159. The zero-order chi connectivity index (χ0) is 12.1. The van der Waals surface area contributed by atoms with Crippen molar-refractivity contribution in [2.24, 2.45) is 0 Å². The molecule has 2 rings (SSSR count). The second-order valence-electron chi connectivity index (χ2n) is 4.30. The quantitative estimate of drug-likeness (QED) is 0.800. The van der Waals surface area contributed by atoms with Crippen molar-refractivity contribution >= 4 is 12.2 Å². The number of benzene rings is 1. The Morgan fingerprint density at radius 1 is 1.41 bits per heavy atom. The number of nitrogens with zero attached hydrogens (tertiary/aromatic N) is 1. The van der Waals surface area contributed by atoms with Gasteiger partial charge < -0.3 is 14.7 Å². The van der Waals surface area contributed by atoms with E-state index in [0.29, 0.717) is 13.1 Å². The fourth-order valence-electron chi connectivity index (χ4n) is 2.10. The van der Waals surface area contributed by atoms with E-state index >= 15 is 0 Å². The van der Waals surface area contributed by atoms with Gasteiger partial charge in [-0.3, -0.25) is 4.79 Å². The zero-order valence-corrected chi connectivity index (χ0v) is 9.71. The maximum Gasteiger partial charge on any atom is 0.293 e. The molecule has 1 aromatic carbocycles. The van der Waals surface area contributed by atoms with Gasteiger partial charge in [-0.1, -0.05) is 12.1 Å². The van der Waals surface area contributed by atoms with Crippen molar-refractivity contribution in [3.63, 3.8) is 0 Å². The molecule has 0 atom stereocenters. The van der Waals surface area contributed by atoms with Crippen LogP contribution in [0.2, 0.25) is 0 Å². The maximum absolute atomic E-state index is 10.1. The smallest absolute Gasteiger partial charge is 0.293 e. The van der Waals surface area contributed by atoms with Crippen molar-refractivity contribution in [2.45, 2.75) is 25.6 Å². The number of piperidine rings is 1. The predicted molar refractivity (Wildman–Crippen MR) is 64.7 cm³/mol. The monoisotopic (exact) mass is 235 g/mol. The van der Waals surface area contributed by atoms with E-state index in [0.717, 1.165) is 37.2 Å². The largest absolute Gasteiger partial charge is 0.463 e. The van der Waals surface area contributed by atoms with Gasteiger partial charge in [-0.2, -0.15) is 0 Å². The average molecular weight is 235 g/mol. The molecule has 0 radical (unpaired) electrons. The number of hydrogen-bond donors (Lipinski definition) is 1. The molecule has 92 valence electrons.